The zero-order valence-electron chi connectivity index (χ0n) is 12.5. The molecule has 0 atom stereocenters. The number of rotatable bonds is 4. The first-order valence-corrected chi connectivity index (χ1v) is 7.75. The molecule has 124 valence electrons. The molecule has 1 saturated heterocycles. The highest BCUT2D eigenvalue weighted by Gasteiger charge is 2.18. The van der Waals surface area contributed by atoms with Crippen molar-refractivity contribution in [1.82, 2.24) is 25.6 Å². The highest BCUT2D eigenvalue weighted by atomic mass is 35.5. The summed E-state index contributed by atoms with van der Waals surface area (Å²) in [6.07, 6.45) is 3.74. The largest absolute Gasteiger partial charge is 0.347 e. The van der Waals surface area contributed by atoms with Crippen LogP contribution in [0.5, 0.6) is 0 Å². The summed E-state index contributed by atoms with van der Waals surface area (Å²) in [5.41, 5.74) is 1.30. The van der Waals surface area contributed by atoms with Crippen molar-refractivity contribution in [3.63, 3.8) is 0 Å². The van der Waals surface area contributed by atoms with Crippen LogP contribution >= 0.6 is 24.0 Å². The first-order chi connectivity index (χ1) is 10.7. The van der Waals surface area contributed by atoms with E-state index in [0.717, 1.165) is 31.5 Å². The number of carbonyl (C=O) groups is 1. The number of aromatic nitrogens is 3. The van der Waals surface area contributed by atoms with Gasteiger partial charge in [0.1, 0.15) is 0 Å². The van der Waals surface area contributed by atoms with Crippen LogP contribution in [-0.2, 0) is 6.54 Å². The second kappa shape index (κ2) is 8.29. The lowest BCUT2D eigenvalue weighted by Crippen LogP contribution is -2.29. The van der Waals surface area contributed by atoms with Crippen molar-refractivity contribution in [3.8, 4) is 0 Å². The topological polar surface area (TPSA) is 71.8 Å². The quantitative estimate of drug-likeness (QED) is 0.881. The number of carbonyl (C=O) groups excluding carboxylic acids is 1. The number of benzene rings is 1. The van der Waals surface area contributed by atoms with Gasteiger partial charge in [0.25, 0.3) is 5.91 Å². The van der Waals surface area contributed by atoms with Gasteiger partial charge in [0, 0.05) is 11.6 Å². The van der Waals surface area contributed by atoms with Gasteiger partial charge in [0.05, 0.1) is 12.2 Å². The molecule has 8 heteroatoms. The first-order valence-electron chi connectivity index (χ1n) is 7.37. The molecule has 0 aliphatic carbocycles. The molecule has 0 saturated carbocycles. The number of halogens is 2. The SMILES string of the molecule is Cl.O=C(NCc1cccc(Cl)c1)c1cn(C2CCNCC2)nn1. The van der Waals surface area contributed by atoms with E-state index in [1.807, 2.05) is 18.2 Å². The zero-order chi connectivity index (χ0) is 15.4. The van der Waals surface area contributed by atoms with Crippen LogP contribution in [0.25, 0.3) is 0 Å². The van der Waals surface area contributed by atoms with Crippen LogP contribution in [0.15, 0.2) is 30.5 Å². The first kappa shape index (κ1) is 17.7. The second-order valence-electron chi connectivity index (χ2n) is 5.38. The van der Waals surface area contributed by atoms with Crippen molar-refractivity contribution >= 4 is 29.9 Å². The van der Waals surface area contributed by atoms with E-state index in [-0.39, 0.29) is 18.3 Å². The summed E-state index contributed by atoms with van der Waals surface area (Å²) >= 11 is 5.92. The molecule has 1 fully saturated rings. The van der Waals surface area contributed by atoms with Crippen molar-refractivity contribution in [2.45, 2.75) is 25.4 Å². The molecule has 2 N–H and O–H groups in total. The average Bonchev–Trinajstić information content (AvgIpc) is 3.04. The van der Waals surface area contributed by atoms with Gasteiger partial charge in [0.2, 0.25) is 0 Å². The average molecular weight is 356 g/mol. The molecule has 0 unspecified atom stereocenters. The van der Waals surface area contributed by atoms with Gasteiger partial charge in [0.15, 0.2) is 5.69 Å². The normalized spacial score (nSPS) is 15.0. The molecule has 3 rings (SSSR count). The van der Waals surface area contributed by atoms with Gasteiger partial charge in [-0.3, -0.25) is 4.79 Å². The van der Waals surface area contributed by atoms with Crippen molar-refractivity contribution in [2.75, 3.05) is 13.1 Å². The molecule has 1 aliphatic rings. The summed E-state index contributed by atoms with van der Waals surface area (Å²) in [4.78, 5) is 12.1. The number of hydrogen-bond donors (Lipinski definition) is 2. The van der Waals surface area contributed by atoms with Crippen molar-refractivity contribution < 1.29 is 4.79 Å². The second-order valence-corrected chi connectivity index (χ2v) is 5.81. The fraction of sp³-hybridized carbons (Fsp3) is 0.400. The maximum Gasteiger partial charge on any atom is 0.273 e. The molecule has 1 aromatic heterocycles. The maximum atomic E-state index is 12.1. The summed E-state index contributed by atoms with van der Waals surface area (Å²) in [6, 6.07) is 7.73. The van der Waals surface area contributed by atoms with Gasteiger partial charge in [-0.25, -0.2) is 4.68 Å². The molecule has 1 amide bonds. The number of piperidine rings is 1. The number of amides is 1. The molecular weight excluding hydrogens is 337 g/mol. The highest BCUT2D eigenvalue weighted by molar-refractivity contribution is 6.30. The summed E-state index contributed by atoms with van der Waals surface area (Å²) in [5, 5.41) is 14.9. The highest BCUT2D eigenvalue weighted by Crippen LogP contribution is 2.17. The van der Waals surface area contributed by atoms with Gasteiger partial charge >= 0.3 is 0 Å². The molecule has 1 aliphatic heterocycles. The standard InChI is InChI=1S/C15H18ClN5O.ClH/c16-12-3-1-2-11(8-12)9-18-15(22)14-10-21(20-19-14)13-4-6-17-7-5-13;/h1-3,8,10,13,17H,4-7,9H2,(H,18,22);1H. The Labute approximate surface area is 146 Å². The smallest absolute Gasteiger partial charge is 0.273 e. The summed E-state index contributed by atoms with van der Waals surface area (Å²) < 4.78 is 1.80. The van der Waals surface area contributed by atoms with Crippen LogP contribution < -0.4 is 10.6 Å². The van der Waals surface area contributed by atoms with Crippen LogP contribution in [0.1, 0.15) is 34.9 Å². The molecule has 1 aromatic carbocycles. The van der Waals surface area contributed by atoms with E-state index >= 15 is 0 Å². The Kier molecular flexibility index (Phi) is 6.38. The molecule has 2 aromatic rings. The lowest BCUT2D eigenvalue weighted by molar-refractivity contribution is 0.0946. The third-order valence-electron chi connectivity index (χ3n) is 3.77. The van der Waals surface area contributed by atoms with Gasteiger partial charge in [-0.2, -0.15) is 0 Å². The van der Waals surface area contributed by atoms with Crippen LogP contribution in [0.2, 0.25) is 5.02 Å². The Morgan fingerprint density at radius 2 is 2.17 bits per heavy atom. The number of nitrogens with zero attached hydrogens (tertiary/aromatic N) is 3. The Hall–Kier alpha value is -1.63. The molecule has 0 radical (unpaired) electrons. The van der Waals surface area contributed by atoms with E-state index < -0.39 is 0 Å². The van der Waals surface area contributed by atoms with E-state index in [0.29, 0.717) is 23.3 Å². The van der Waals surface area contributed by atoms with Crippen LogP contribution in [0.3, 0.4) is 0 Å². The van der Waals surface area contributed by atoms with Crippen LogP contribution in [0, 0.1) is 0 Å². The number of nitrogens with one attached hydrogen (secondary N) is 2. The summed E-state index contributed by atoms with van der Waals surface area (Å²) in [6.45, 7) is 2.36. The summed E-state index contributed by atoms with van der Waals surface area (Å²) in [7, 11) is 0. The monoisotopic (exact) mass is 355 g/mol. The van der Waals surface area contributed by atoms with Crippen LogP contribution in [0.4, 0.5) is 0 Å². The van der Waals surface area contributed by atoms with Gasteiger partial charge in [-0.15, -0.1) is 17.5 Å². The Bertz CT molecular complexity index is 655. The number of hydrogen-bond acceptors (Lipinski definition) is 4. The fourth-order valence-electron chi connectivity index (χ4n) is 2.55. The minimum absolute atomic E-state index is 0. The third-order valence-corrected chi connectivity index (χ3v) is 4.00. The van der Waals surface area contributed by atoms with Gasteiger partial charge < -0.3 is 10.6 Å². The lowest BCUT2D eigenvalue weighted by atomic mass is 10.1. The van der Waals surface area contributed by atoms with E-state index in [9.17, 15) is 4.79 Å². The third kappa shape index (κ3) is 4.67. The minimum Gasteiger partial charge on any atom is -0.347 e. The molecule has 6 nitrogen and oxygen atoms in total. The Morgan fingerprint density at radius 1 is 1.39 bits per heavy atom. The fourth-order valence-corrected chi connectivity index (χ4v) is 2.76. The minimum atomic E-state index is -0.222. The maximum absolute atomic E-state index is 12.1. The molecule has 0 bridgehead atoms. The molecule has 0 spiro atoms. The summed E-state index contributed by atoms with van der Waals surface area (Å²) in [5.74, 6) is -0.222. The van der Waals surface area contributed by atoms with Crippen LogP contribution in [-0.4, -0.2) is 34.0 Å². The predicted octanol–water partition coefficient (Wildman–Crippen LogP) is 2.21. The molecular formula is C15H19Cl2N5O. The van der Waals surface area contributed by atoms with E-state index in [4.69, 9.17) is 11.6 Å². The van der Waals surface area contributed by atoms with E-state index in [1.54, 1.807) is 16.9 Å². The van der Waals surface area contributed by atoms with Crippen molar-refractivity contribution in [1.29, 1.82) is 0 Å². The van der Waals surface area contributed by atoms with E-state index in [2.05, 4.69) is 20.9 Å². The zero-order valence-corrected chi connectivity index (χ0v) is 14.1. The predicted molar refractivity (Wildman–Crippen MR) is 91.0 cm³/mol. The lowest BCUT2D eigenvalue weighted by Gasteiger charge is -2.22. The molecule has 23 heavy (non-hydrogen) atoms. The Balaban J connectivity index is 0.00000192. The molecule has 2 heterocycles. The van der Waals surface area contributed by atoms with Gasteiger partial charge in [-0.05, 0) is 43.6 Å². The Morgan fingerprint density at radius 3 is 2.91 bits per heavy atom. The van der Waals surface area contributed by atoms with Crippen molar-refractivity contribution in [2.24, 2.45) is 0 Å². The van der Waals surface area contributed by atoms with Crippen molar-refractivity contribution in [3.05, 3.63) is 46.7 Å². The van der Waals surface area contributed by atoms with E-state index in [1.165, 1.54) is 0 Å². The van der Waals surface area contributed by atoms with Gasteiger partial charge in [-0.1, -0.05) is 28.9 Å².